The molecule has 0 spiro atoms. The number of aryl methyl sites for hydroxylation is 1. The van der Waals surface area contributed by atoms with Gasteiger partial charge in [-0.05, 0) is 30.2 Å². The summed E-state index contributed by atoms with van der Waals surface area (Å²) in [5, 5.41) is -0.214. The number of alkyl halides is 1. The van der Waals surface area contributed by atoms with Gasteiger partial charge < -0.3 is 0 Å². The second-order valence-corrected chi connectivity index (χ2v) is 4.79. The van der Waals surface area contributed by atoms with Gasteiger partial charge in [-0.15, -0.1) is 11.6 Å². The van der Waals surface area contributed by atoms with Gasteiger partial charge in [0, 0.05) is 0 Å². The largest absolute Gasteiger partial charge is 0.205 e. The molecule has 1 atom stereocenters. The van der Waals surface area contributed by atoms with Crippen LogP contribution in [0.4, 0.5) is 4.39 Å². The normalized spacial score (nSPS) is 12.5. The number of benzene rings is 2. The Morgan fingerprint density at radius 1 is 1.00 bits per heavy atom. The lowest BCUT2D eigenvalue weighted by molar-refractivity contribution is 0.627. The van der Waals surface area contributed by atoms with E-state index in [1.165, 1.54) is 11.6 Å². The summed E-state index contributed by atoms with van der Waals surface area (Å²) in [5.41, 5.74) is 2.94. The van der Waals surface area contributed by atoms with Crippen LogP contribution in [0.3, 0.4) is 0 Å². The van der Waals surface area contributed by atoms with Gasteiger partial charge >= 0.3 is 0 Å². The van der Waals surface area contributed by atoms with Crippen LogP contribution in [0.1, 0.15) is 22.1 Å². The van der Waals surface area contributed by atoms with Crippen molar-refractivity contribution in [2.45, 2.75) is 12.3 Å². The Morgan fingerprint density at radius 3 is 2.18 bits per heavy atom. The summed E-state index contributed by atoms with van der Waals surface area (Å²) in [6, 6.07) is 12.5. The van der Waals surface area contributed by atoms with Crippen LogP contribution in [-0.4, -0.2) is 0 Å². The van der Waals surface area contributed by atoms with E-state index in [1.54, 1.807) is 12.1 Å². The summed E-state index contributed by atoms with van der Waals surface area (Å²) in [6.45, 7) is 2.02. The molecule has 0 aromatic heterocycles. The van der Waals surface area contributed by atoms with Crippen molar-refractivity contribution in [2.75, 3.05) is 0 Å². The van der Waals surface area contributed by atoms with Crippen molar-refractivity contribution in [1.29, 1.82) is 0 Å². The van der Waals surface area contributed by atoms with E-state index in [0.717, 1.165) is 11.1 Å². The lowest BCUT2D eigenvalue weighted by Crippen LogP contribution is -1.94. The van der Waals surface area contributed by atoms with Crippen molar-refractivity contribution in [1.82, 2.24) is 0 Å². The maximum atomic E-state index is 13.0. The van der Waals surface area contributed by atoms with Crippen LogP contribution in [0, 0.1) is 12.7 Å². The first-order valence-electron chi connectivity index (χ1n) is 5.23. The molecule has 0 heterocycles. The van der Waals surface area contributed by atoms with Crippen molar-refractivity contribution in [3.63, 3.8) is 0 Å². The van der Waals surface area contributed by atoms with E-state index in [9.17, 15) is 4.39 Å². The Balaban J connectivity index is 2.33. The molecule has 0 aliphatic heterocycles. The predicted octanol–water partition coefficient (Wildman–Crippen LogP) is 5.12. The van der Waals surface area contributed by atoms with Crippen LogP contribution in [-0.2, 0) is 0 Å². The third kappa shape index (κ3) is 2.80. The van der Waals surface area contributed by atoms with Gasteiger partial charge in [0.05, 0.1) is 10.4 Å². The van der Waals surface area contributed by atoms with E-state index in [-0.39, 0.29) is 10.4 Å². The van der Waals surface area contributed by atoms with Gasteiger partial charge in [0.1, 0.15) is 5.82 Å². The van der Waals surface area contributed by atoms with Gasteiger partial charge in [-0.25, -0.2) is 4.39 Å². The maximum absolute atomic E-state index is 13.0. The fourth-order valence-electron chi connectivity index (χ4n) is 1.60. The average Bonchev–Trinajstić information content (AvgIpc) is 2.33. The minimum atomic E-state index is -0.428. The smallest absolute Gasteiger partial charge is 0.141 e. The fourth-order valence-corrected chi connectivity index (χ4v) is 2.07. The van der Waals surface area contributed by atoms with Gasteiger partial charge in [0.25, 0.3) is 0 Å². The molecule has 0 N–H and O–H groups in total. The van der Waals surface area contributed by atoms with Crippen molar-refractivity contribution in [3.8, 4) is 0 Å². The van der Waals surface area contributed by atoms with E-state index < -0.39 is 5.82 Å². The molecule has 0 nitrogen and oxygen atoms in total. The molecular weight excluding hydrogens is 258 g/mol. The first-order valence-corrected chi connectivity index (χ1v) is 6.05. The molecule has 0 aliphatic carbocycles. The first-order chi connectivity index (χ1) is 8.08. The minimum absolute atomic E-state index is 0.0975. The Bertz CT molecular complexity index is 520. The summed E-state index contributed by atoms with van der Waals surface area (Å²) in [4.78, 5) is 0. The number of hydrogen-bond donors (Lipinski definition) is 0. The molecule has 2 aromatic rings. The Morgan fingerprint density at radius 2 is 1.59 bits per heavy atom. The Hall–Kier alpha value is -1.05. The van der Waals surface area contributed by atoms with Crippen LogP contribution >= 0.6 is 23.2 Å². The molecule has 2 rings (SSSR count). The Kier molecular flexibility index (Phi) is 3.70. The van der Waals surface area contributed by atoms with Crippen molar-refractivity contribution >= 4 is 23.2 Å². The first kappa shape index (κ1) is 12.4. The third-order valence-electron chi connectivity index (χ3n) is 2.61. The van der Waals surface area contributed by atoms with Crippen molar-refractivity contribution in [3.05, 3.63) is 70.0 Å². The van der Waals surface area contributed by atoms with Crippen LogP contribution in [0.2, 0.25) is 5.02 Å². The third-order valence-corrected chi connectivity index (χ3v) is 3.40. The second-order valence-electron chi connectivity index (χ2n) is 3.95. The monoisotopic (exact) mass is 268 g/mol. The SMILES string of the molecule is Cc1ccc(C(Cl)c2ccc(F)c(Cl)c2)cc1. The van der Waals surface area contributed by atoms with Gasteiger partial charge in [-0.2, -0.15) is 0 Å². The van der Waals surface area contributed by atoms with Crippen molar-refractivity contribution < 1.29 is 4.39 Å². The summed E-state index contributed by atoms with van der Waals surface area (Å²) in [7, 11) is 0. The topological polar surface area (TPSA) is 0 Å². The van der Waals surface area contributed by atoms with Crippen LogP contribution < -0.4 is 0 Å². The zero-order valence-corrected chi connectivity index (χ0v) is 10.8. The van der Waals surface area contributed by atoms with E-state index >= 15 is 0 Å². The quantitative estimate of drug-likeness (QED) is 0.664. The molecule has 0 fully saturated rings. The number of halogens is 3. The van der Waals surface area contributed by atoms with Gasteiger partial charge in [-0.3, -0.25) is 0 Å². The highest BCUT2D eigenvalue weighted by molar-refractivity contribution is 6.31. The highest BCUT2D eigenvalue weighted by Gasteiger charge is 2.12. The zero-order chi connectivity index (χ0) is 12.4. The summed E-state index contributed by atoms with van der Waals surface area (Å²) >= 11 is 12.1. The molecule has 0 aliphatic rings. The summed E-state index contributed by atoms with van der Waals surface area (Å²) < 4.78 is 13.0. The fraction of sp³-hybridized carbons (Fsp3) is 0.143. The van der Waals surface area contributed by atoms with E-state index in [2.05, 4.69) is 0 Å². The average molecular weight is 269 g/mol. The molecule has 88 valence electrons. The summed E-state index contributed by atoms with van der Waals surface area (Å²) in [6.07, 6.45) is 0. The molecular formula is C14H11Cl2F. The van der Waals surface area contributed by atoms with Crippen LogP contribution in [0.15, 0.2) is 42.5 Å². The Labute approximate surface area is 110 Å². The standard InChI is InChI=1S/C14H11Cl2F/c1-9-2-4-10(5-3-9)14(16)11-6-7-13(17)12(15)8-11/h2-8,14H,1H3. The maximum Gasteiger partial charge on any atom is 0.141 e. The van der Waals surface area contributed by atoms with Gasteiger partial charge in [0.2, 0.25) is 0 Å². The molecule has 0 bridgehead atoms. The molecule has 0 saturated heterocycles. The molecule has 17 heavy (non-hydrogen) atoms. The second kappa shape index (κ2) is 5.07. The van der Waals surface area contributed by atoms with E-state index in [4.69, 9.17) is 23.2 Å². The number of rotatable bonds is 2. The number of hydrogen-bond acceptors (Lipinski definition) is 0. The summed E-state index contributed by atoms with van der Waals surface area (Å²) in [5.74, 6) is -0.428. The molecule has 3 heteroatoms. The molecule has 2 aromatic carbocycles. The van der Waals surface area contributed by atoms with E-state index in [1.807, 2.05) is 31.2 Å². The van der Waals surface area contributed by atoms with Gasteiger partial charge in [-0.1, -0.05) is 47.5 Å². The molecule has 0 radical (unpaired) electrons. The van der Waals surface area contributed by atoms with Crippen LogP contribution in [0.25, 0.3) is 0 Å². The molecule has 0 amide bonds. The van der Waals surface area contributed by atoms with E-state index in [0.29, 0.717) is 0 Å². The molecule has 1 unspecified atom stereocenters. The zero-order valence-electron chi connectivity index (χ0n) is 9.25. The lowest BCUT2D eigenvalue weighted by atomic mass is 10.0. The predicted molar refractivity (Wildman–Crippen MR) is 70.3 cm³/mol. The lowest BCUT2D eigenvalue weighted by Gasteiger charge is -2.11. The molecule has 0 saturated carbocycles. The highest BCUT2D eigenvalue weighted by atomic mass is 35.5. The van der Waals surface area contributed by atoms with Crippen LogP contribution in [0.5, 0.6) is 0 Å². The highest BCUT2D eigenvalue weighted by Crippen LogP contribution is 2.31. The minimum Gasteiger partial charge on any atom is -0.205 e. The van der Waals surface area contributed by atoms with Gasteiger partial charge in [0.15, 0.2) is 0 Å². The van der Waals surface area contributed by atoms with Crippen molar-refractivity contribution in [2.24, 2.45) is 0 Å².